The summed E-state index contributed by atoms with van der Waals surface area (Å²) >= 11 is 0. The van der Waals surface area contributed by atoms with E-state index in [2.05, 4.69) is 91.0 Å². The third-order valence-corrected chi connectivity index (χ3v) is 4.28. The summed E-state index contributed by atoms with van der Waals surface area (Å²) in [5.41, 5.74) is 6.67. The van der Waals surface area contributed by atoms with Crippen LogP contribution < -0.4 is 0 Å². The second kappa shape index (κ2) is 7.14. The number of nitrogens with zero attached hydrogens (tertiary/aromatic N) is 1. The summed E-state index contributed by atoms with van der Waals surface area (Å²) in [5.74, 6) is 0. The van der Waals surface area contributed by atoms with Gasteiger partial charge in [-0.1, -0.05) is 91.0 Å². The molecule has 0 radical (unpaired) electrons. The van der Waals surface area contributed by atoms with Gasteiger partial charge in [0.05, 0.1) is 11.4 Å². The van der Waals surface area contributed by atoms with Crippen molar-refractivity contribution in [3.63, 3.8) is 0 Å². The molecule has 0 aliphatic heterocycles. The number of hydrogen-bond donors (Lipinski definition) is 0. The van der Waals surface area contributed by atoms with Crippen LogP contribution in [0, 0.1) is 0 Å². The fourth-order valence-corrected chi connectivity index (χ4v) is 2.98. The van der Waals surface area contributed by atoms with Crippen LogP contribution in [-0.4, -0.2) is 4.98 Å². The second-order valence-corrected chi connectivity index (χ2v) is 6.05. The highest BCUT2D eigenvalue weighted by atomic mass is 14.7. The highest BCUT2D eigenvalue weighted by Crippen LogP contribution is 2.29. The molecule has 1 aromatic heterocycles. The van der Waals surface area contributed by atoms with Crippen molar-refractivity contribution in [1.82, 2.24) is 4.98 Å². The fraction of sp³-hybridized carbons (Fsp3) is 0.0417. The molecule has 3 aromatic rings. The van der Waals surface area contributed by atoms with Crippen LogP contribution >= 0.6 is 0 Å². The fourth-order valence-electron chi connectivity index (χ4n) is 2.98. The Balaban J connectivity index is 1.89. The lowest BCUT2D eigenvalue weighted by molar-refractivity contribution is 1.31. The molecule has 1 heterocycles. The maximum atomic E-state index is 4.92. The van der Waals surface area contributed by atoms with Crippen LogP contribution in [0.4, 0.5) is 0 Å². The van der Waals surface area contributed by atoms with Crippen molar-refractivity contribution in [3.8, 4) is 22.5 Å². The van der Waals surface area contributed by atoms with E-state index in [1.165, 1.54) is 11.1 Å². The van der Waals surface area contributed by atoms with Gasteiger partial charge in [-0.15, -0.1) is 0 Å². The van der Waals surface area contributed by atoms with E-state index in [1.807, 2.05) is 12.1 Å². The van der Waals surface area contributed by atoms with Crippen molar-refractivity contribution >= 4 is 5.57 Å². The zero-order valence-corrected chi connectivity index (χ0v) is 14.0. The molecular weight excluding hydrogens is 302 g/mol. The number of pyridine rings is 1. The molecule has 4 rings (SSSR count). The molecule has 0 N–H and O–H groups in total. The van der Waals surface area contributed by atoms with Crippen LogP contribution in [0.5, 0.6) is 0 Å². The van der Waals surface area contributed by atoms with Crippen LogP contribution in [0.25, 0.3) is 28.1 Å². The number of hydrogen-bond acceptors (Lipinski definition) is 1. The maximum absolute atomic E-state index is 4.92. The standard InChI is InChI=1S/C24H19N/c1-2-6-12-19(11-5-1)22-17-23(20-13-7-3-8-14-20)25-24(18-22)21-15-9-4-10-16-21/h1,3-18H,2H2. The molecule has 1 aliphatic carbocycles. The summed E-state index contributed by atoms with van der Waals surface area (Å²) in [6.07, 6.45) is 11.8. The van der Waals surface area contributed by atoms with E-state index in [1.54, 1.807) is 0 Å². The Kier molecular flexibility index (Phi) is 4.38. The molecule has 0 bridgehead atoms. The van der Waals surface area contributed by atoms with Gasteiger partial charge < -0.3 is 0 Å². The molecule has 120 valence electrons. The van der Waals surface area contributed by atoms with Gasteiger partial charge >= 0.3 is 0 Å². The Hall–Kier alpha value is -3.19. The summed E-state index contributed by atoms with van der Waals surface area (Å²) in [5, 5.41) is 0. The van der Waals surface area contributed by atoms with E-state index in [4.69, 9.17) is 4.98 Å². The Morgan fingerprint density at radius 2 is 1.24 bits per heavy atom. The first kappa shape index (κ1) is 15.3. The quantitative estimate of drug-likeness (QED) is 0.550. The number of aromatic nitrogens is 1. The van der Waals surface area contributed by atoms with Gasteiger partial charge in [-0.05, 0) is 29.7 Å². The number of rotatable bonds is 3. The van der Waals surface area contributed by atoms with Gasteiger partial charge in [-0.2, -0.15) is 0 Å². The smallest absolute Gasteiger partial charge is 0.0715 e. The molecule has 0 atom stereocenters. The molecule has 1 aliphatic rings. The molecule has 1 nitrogen and oxygen atoms in total. The minimum absolute atomic E-state index is 0.974. The Morgan fingerprint density at radius 1 is 0.640 bits per heavy atom. The minimum Gasteiger partial charge on any atom is -0.248 e. The molecule has 0 saturated heterocycles. The first-order chi connectivity index (χ1) is 12.4. The topological polar surface area (TPSA) is 12.9 Å². The van der Waals surface area contributed by atoms with Gasteiger partial charge in [0.1, 0.15) is 0 Å². The predicted molar refractivity (Wildman–Crippen MR) is 106 cm³/mol. The highest BCUT2D eigenvalue weighted by molar-refractivity contribution is 5.81. The first-order valence-corrected chi connectivity index (χ1v) is 8.57. The lowest BCUT2D eigenvalue weighted by Gasteiger charge is -2.10. The Bertz CT molecular complexity index is 890. The van der Waals surface area contributed by atoms with E-state index in [0.29, 0.717) is 0 Å². The molecule has 0 unspecified atom stereocenters. The predicted octanol–water partition coefficient (Wildman–Crippen LogP) is 6.32. The van der Waals surface area contributed by atoms with Crippen molar-refractivity contribution in [2.75, 3.05) is 0 Å². The number of allylic oxidation sites excluding steroid dienone is 6. The zero-order valence-electron chi connectivity index (χ0n) is 14.0. The zero-order chi connectivity index (χ0) is 16.9. The summed E-state index contributed by atoms with van der Waals surface area (Å²) in [6, 6.07) is 25.1. The third kappa shape index (κ3) is 3.51. The van der Waals surface area contributed by atoms with Gasteiger partial charge in [-0.3, -0.25) is 0 Å². The third-order valence-electron chi connectivity index (χ3n) is 4.28. The Labute approximate surface area is 148 Å². The van der Waals surface area contributed by atoms with Crippen LogP contribution in [0.2, 0.25) is 0 Å². The minimum atomic E-state index is 0.974. The van der Waals surface area contributed by atoms with E-state index in [0.717, 1.165) is 28.9 Å². The molecule has 0 saturated carbocycles. The average molecular weight is 321 g/mol. The van der Waals surface area contributed by atoms with Gasteiger partial charge in [-0.25, -0.2) is 4.98 Å². The van der Waals surface area contributed by atoms with Gasteiger partial charge in [0.15, 0.2) is 0 Å². The van der Waals surface area contributed by atoms with Crippen molar-refractivity contribution < 1.29 is 0 Å². The molecule has 0 amide bonds. The van der Waals surface area contributed by atoms with Crippen molar-refractivity contribution in [1.29, 1.82) is 0 Å². The van der Waals surface area contributed by atoms with Crippen LogP contribution in [0.3, 0.4) is 0 Å². The van der Waals surface area contributed by atoms with Crippen LogP contribution in [-0.2, 0) is 0 Å². The van der Waals surface area contributed by atoms with Crippen molar-refractivity contribution in [3.05, 3.63) is 109 Å². The van der Waals surface area contributed by atoms with Crippen molar-refractivity contribution in [2.24, 2.45) is 0 Å². The molecule has 25 heavy (non-hydrogen) atoms. The van der Waals surface area contributed by atoms with Gasteiger partial charge in [0.25, 0.3) is 0 Å². The second-order valence-electron chi connectivity index (χ2n) is 6.05. The van der Waals surface area contributed by atoms with E-state index < -0.39 is 0 Å². The largest absolute Gasteiger partial charge is 0.248 e. The number of benzene rings is 2. The molecule has 2 aromatic carbocycles. The first-order valence-electron chi connectivity index (χ1n) is 8.57. The normalized spacial score (nSPS) is 13.4. The van der Waals surface area contributed by atoms with Gasteiger partial charge in [0.2, 0.25) is 0 Å². The van der Waals surface area contributed by atoms with E-state index in [-0.39, 0.29) is 0 Å². The molecule has 1 heteroatoms. The van der Waals surface area contributed by atoms with E-state index >= 15 is 0 Å². The van der Waals surface area contributed by atoms with Crippen LogP contribution in [0.15, 0.2) is 103 Å². The summed E-state index contributed by atoms with van der Waals surface area (Å²) in [7, 11) is 0. The molecule has 0 spiro atoms. The average Bonchev–Trinajstić information content (AvgIpc) is 2.99. The van der Waals surface area contributed by atoms with Crippen molar-refractivity contribution in [2.45, 2.75) is 6.42 Å². The van der Waals surface area contributed by atoms with Gasteiger partial charge in [0, 0.05) is 11.1 Å². The monoisotopic (exact) mass is 321 g/mol. The SMILES string of the molecule is C1=CCC=CC(c2cc(-c3ccccc3)nc(-c3ccccc3)c2)=C1. The highest BCUT2D eigenvalue weighted by Gasteiger charge is 2.09. The lowest BCUT2D eigenvalue weighted by Crippen LogP contribution is -1.92. The Morgan fingerprint density at radius 3 is 1.84 bits per heavy atom. The summed E-state index contributed by atoms with van der Waals surface area (Å²) < 4.78 is 0. The molecular formula is C24H19N. The maximum Gasteiger partial charge on any atom is 0.0715 e. The lowest BCUT2D eigenvalue weighted by atomic mass is 9.99. The molecule has 0 fully saturated rings. The summed E-state index contributed by atoms with van der Waals surface area (Å²) in [6.45, 7) is 0. The van der Waals surface area contributed by atoms with Crippen LogP contribution in [0.1, 0.15) is 12.0 Å². The van der Waals surface area contributed by atoms with E-state index in [9.17, 15) is 0 Å². The summed E-state index contributed by atoms with van der Waals surface area (Å²) in [4.78, 5) is 4.92.